The van der Waals surface area contributed by atoms with Crippen LogP contribution in [-0.4, -0.2) is 24.5 Å². The third-order valence-corrected chi connectivity index (χ3v) is 5.05. The van der Waals surface area contributed by atoms with Gasteiger partial charge in [-0.2, -0.15) is 0 Å². The van der Waals surface area contributed by atoms with Crippen LogP contribution in [0.5, 0.6) is 0 Å². The first-order valence-electron chi connectivity index (χ1n) is 7.50. The standard InChI is InChI=1S/C16H31N/c1-11(2)14-7-13-8-17(10-16(4,5)6)9-15(13)12(14)3/h11-15H,7-10H2,1-6H3. The van der Waals surface area contributed by atoms with Crippen molar-refractivity contribution in [3.63, 3.8) is 0 Å². The van der Waals surface area contributed by atoms with Crippen molar-refractivity contribution < 1.29 is 0 Å². The van der Waals surface area contributed by atoms with Gasteiger partial charge in [0.25, 0.3) is 0 Å². The molecule has 1 heteroatoms. The Morgan fingerprint density at radius 1 is 1.18 bits per heavy atom. The average molecular weight is 237 g/mol. The molecule has 2 aliphatic rings. The molecule has 100 valence electrons. The number of hydrogen-bond acceptors (Lipinski definition) is 1. The number of hydrogen-bond donors (Lipinski definition) is 0. The Morgan fingerprint density at radius 2 is 1.82 bits per heavy atom. The number of rotatable bonds is 2. The highest BCUT2D eigenvalue weighted by molar-refractivity contribution is 4.97. The Balaban J connectivity index is 1.93. The molecule has 0 spiro atoms. The van der Waals surface area contributed by atoms with Crippen LogP contribution in [0.25, 0.3) is 0 Å². The first-order valence-corrected chi connectivity index (χ1v) is 7.50. The van der Waals surface area contributed by atoms with E-state index in [9.17, 15) is 0 Å². The molecule has 1 saturated carbocycles. The highest BCUT2D eigenvalue weighted by Gasteiger charge is 2.46. The minimum absolute atomic E-state index is 0.458. The number of likely N-dealkylation sites (tertiary alicyclic amines) is 1. The van der Waals surface area contributed by atoms with Crippen LogP contribution in [0.3, 0.4) is 0 Å². The molecule has 4 unspecified atom stereocenters. The van der Waals surface area contributed by atoms with Gasteiger partial charge in [0.05, 0.1) is 0 Å². The van der Waals surface area contributed by atoms with Gasteiger partial charge >= 0.3 is 0 Å². The van der Waals surface area contributed by atoms with Crippen LogP contribution < -0.4 is 0 Å². The molecular weight excluding hydrogens is 206 g/mol. The van der Waals surface area contributed by atoms with E-state index in [1.54, 1.807) is 0 Å². The summed E-state index contributed by atoms with van der Waals surface area (Å²) in [6, 6.07) is 0. The molecule has 2 rings (SSSR count). The molecule has 0 amide bonds. The second-order valence-electron chi connectivity index (χ2n) is 8.18. The van der Waals surface area contributed by atoms with Gasteiger partial charge in [-0.1, -0.05) is 41.5 Å². The van der Waals surface area contributed by atoms with Crippen molar-refractivity contribution in [1.82, 2.24) is 4.90 Å². The molecule has 17 heavy (non-hydrogen) atoms. The molecule has 0 aromatic carbocycles. The molecule has 4 atom stereocenters. The van der Waals surface area contributed by atoms with Crippen LogP contribution in [0.1, 0.15) is 48.0 Å². The predicted molar refractivity (Wildman–Crippen MR) is 75.0 cm³/mol. The molecular formula is C16H31N. The van der Waals surface area contributed by atoms with Gasteiger partial charge in [0.15, 0.2) is 0 Å². The predicted octanol–water partition coefficient (Wildman–Crippen LogP) is 3.89. The third-order valence-electron chi connectivity index (χ3n) is 5.05. The van der Waals surface area contributed by atoms with Crippen molar-refractivity contribution in [1.29, 1.82) is 0 Å². The van der Waals surface area contributed by atoms with Gasteiger partial charge in [-0.15, -0.1) is 0 Å². The van der Waals surface area contributed by atoms with E-state index in [0.717, 1.165) is 29.6 Å². The van der Waals surface area contributed by atoms with Crippen molar-refractivity contribution in [2.24, 2.45) is 35.0 Å². The average Bonchev–Trinajstić information content (AvgIpc) is 2.63. The maximum Gasteiger partial charge on any atom is 0.00303 e. The van der Waals surface area contributed by atoms with Crippen LogP contribution in [0.15, 0.2) is 0 Å². The summed E-state index contributed by atoms with van der Waals surface area (Å²) >= 11 is 0. The molecule has 1 aliphatic heterocycles. The maximum atomic E-state index is 2.72. The zero-order chi connectivity index (χ0) is 12.8. The summed E-state index contributed by atoms with van der Waals surface area (Å²) in [5.74, 6) is 4.81. The summed E-state index contributed by atoms with van der Waals surface area (Å²) in [6.07, 6.45) is 1.49. The molecule has 1 nitrogen and oxygen atoms in total. The lowest BCUT2D eigenvalue weighted by Gasteiger charge is -2.29. The molecule has 1 aliphatic carbocycles. The summed E-state index contributed by atoms with van der Waals surface area (Å²) in [6.45, 7) is 18.4. The molecule has 1 heterocycles. The largest absolute Gasteiger partial charge is 0.302 e. The second-order valence-corrected chi connectivity index (χ2v) is 8.18. The Labute approximate surface area is 108 Å². The number of nitrogens with zero attached hydrogens (tertiary/aromatic N) is 1. The van der Waals surface area contributed by atoms with Gasteiger partial charge in [-0.3, -0.25) is 0 Å². The van der Waals surface area contributed by atoms with Gasteiger partial charge in [-0.25, -0.2) is 0 Å². The molecule has 0 N–H and O–H groups in total. The lowest BCUT2D eigenvalue weighted by atomic mass is 9.84. The van der Waals surface area contributed by atoms with Crippen LogP contribution in [0.4, 0.5) is 0 Å². The van der Waals surface area contributed by atoms with Crippen LogP contribution >= 0.6 is 0 Å². The Hall–Kier alpha value is -0.0400. The Morgan fingerprint density at radius 3 is 2.29 bits per heavy atom. The van der Waals surface area contributed by atoms with Gasteiger partial charge in [0.2, 0.25) is 0 Å². The molecule has 2 fully saturated rings. The summed E-state index contributed by atoms with van der Waals surface area (Å²) < 4.78 is 0. The van der Waals surface area contributed by atoms with Gasteiger partial charge in [0, 0.05) is 19.6 Å². The van der Waals surface area contributed by atoms with Gasteiger partial charge < -0.3 is 4.90 Å². The minimum atomic E-state index is 0.458. The van der Waals surface area contributed by atoms with E-state index in [4.69, 9.17) is 0 Å². The zero-order valence-electron chi connectivity index (χ0n) is 12.7. The fourth-order valence-corrected chi connectivity index (χ4v) is 4.39. The normalized spacial score (nSPS) is 39.0. The summed E-state index contributed by atoms with van der Waals surface area (Å²) in [5, 5.41) is 0. The van der Waals surface area contributed by atoms with Crippen molar-refractivity contribution in [3.05, 3.63) is 0 Å². The van der Waals surface area contributed by atoms with Crippen molar-refractivity contribution in [2.75, 3.05) is 19.6 Å². The molecule has 0 aromatic rings. The third kappa shape index (κ3) is 2.86. The van der Waals surface area contributed by atoms with Crippen LogP contribution in [0, 0.1) is 35.0 Å². The fraction of sp³-hybridized carbons (Fsp3) is 1.00. The van der Waals surface area contributed by atoms with Crippen molar-refractivity contribution in [2.45, 2.75) is 48.0 Å². The van der Waals surface area contributed by atoms with Crippen LogP contribution in [-0.2, 0) is 0 Å². The van der Waals surface area contributed by atoms with E-state index >= 15 is 0 Å². The quantitative estimate of drug-likeness (QED) is 0.704. The SMILES string of the molecule is CC(C)C1CC2CN(CC(C)(C)C)CC2C1C. The summed E-state index contributed by atoms with van der Waals surface area (Å²) in [7, 11) is 0. The topological polar surface area (TPSA) is 3.24 Å². The summed E-state index contributed by atoms with van der Waals surface area (Å²) in [5.41, 5.74) is 0.458. The lowest BCUT2D eigenvalue weighted by molar-refractivity contribution is 0.186. The van der Waals surface area contributed by atoms with Gasteiger partial charge in [0.1, 0.15) is 0 Å². The minimum Gasteiger partial charge on any atom is -0.302 e. The molecule has 0 bridgehead atoms. The van der Waals surface area contributed by atoms with Crippen LogP contribution in [0.2, 0.25) is 0 Å². The Kier molecular flexibility index (Phi) is 3.60. The zero-order valence-corrected chi connectivity index (χ0v) is 12.7. The Bertz CT molecular complexity index is 263. The highest BCUT2D eigenvalue weighted by Crippen LogP contribution is 2.48. The molecule has 0 radical (unpaired) electrons. The smallest absolute Gasteiger partial charge is 0.00303 e. The highest BCUT2D eigenvalue weighted by atomic mass is 15.2. The van der Waals surface area contributed by atoms with Crippen molar-refractivity contribution >= 4 is 0 Å². The van der Waals surface area contributed by atoms with Gasteiger partial charge in [-0.05, 0) is 41.4 Å². The maximum absolute atomic E-state index is 2.72. The second kappa shape index (κ2) is 4.57. The van der Waals surface area contributed by atoms with E-state index in [2.05, 4.69) is 46.4 Å². The number of fused-ring (bicyclic) bond motifs is 1. The van der Waals surface area contributed by atoms with E-state index in [1.165, 1.54) is 26.1 Å². The van der Waals surface area contributed by atoms with E-state index in [1.807, 2.05) is 0 Å². The first kappa shape index (κ1) is 13.4. The van der Waals surface area contributed by atoms with Crippen molar-refractivity contribution in [3.8, 4) is 0 Å². The fourth-order valence-electron chi connectivity index (χ4n) is 4.39. The first-order chi connectivity index (χ1) is 7.78. The molecule has 1 saturated heterocycles. The van der Waals surface area contributed by atoms with E-state index in [0.29, 0.717) is 5.41 Å². The van der Waals surface area contributed by atoms with E-state index in [-0.39, 0.29) is 0 Å². The lowest BCUT2D eigenvalue weighted by Crippen LogP contribution is -2.33. The molecule has 0 aromatic heterocycles. The summed E-state index contributed by atoms with van der Waals surface area (Å²) in [4.78, 5) is 2.72. The van der Waals surface area contributed by atoms with E-state index < -0.39 is 0 Å². The monoisotopic (exact) mass is 237 g/mol.